The van der Waals surface area contributed by atoms with Crippen LogP contribution in [-0.4, -0.2) is 58.4 Å². The van der Waals surface area contributed by atoms with Gasteiger partial charge in [-0.15, -0.1) is 0 Å². The zero-order valence-electron chi connectivity index (χ0n) is 18.6. The van der Waals surface area contributed by atoms with Crippen LogP contribution in [0.2, 0.25) is 0 Å². The summed E-state index contributed by atoms with van der Waals surface area (Å²) in [6.45, 7) is 4.84. The number of hydrogen-bond donors (Lipinski definition) is 0. The van der Waals surface area contributed by atoms with E-state index in [4.69, 9.17) is 14.2 Å². The molecule has 3 heterocycles. The highest BCUT2D eigenvalue weighted by Gasteiger charge is 2.68. The second-order valence-corrected chi connectivity index (χ2v) is 9.28. The lowest BCUT2D eigenvalue weighted by molar-refractivity contribution is -0.138. The zero-order valence-corrected chi connectivity index (χ0v) is 18.6. The van der Waals surface area contributed by atoms with Gasteiger partial charge in [0.15, 0.2) is 0 Å². The second-order valence-electron chi connectivity index (χ2n) is 9.28. The molecule has 2 aromatic carbocycles. The van der Waals surface area contributed by atoms with E-state index in [1.807, 2.05) is 0 Å². The number of nitrogens with zero attached hydrogens (tertiary/aromatic N) is 3. The molecule has 3 aliphatic rings. The molecule has 0 saturated carbocycles. The van der Waals surface area contributed by atoms with Crippen molar-refractivity contribution < 1.29 is 14.2 Å². The molecule has 5 rings (SSSR count). The molecule has 0 amide bonds. The van der Waals surface area contributed by atoms with Crippen molar-refractivity contribution in [2.45, 2.75) is 43.7 Å². The topological polar surface area (TPSA) is 37.4 Å². The summed E-state index contributed by atoms with van der Waals surface area (Å²) in [5, 5.41) is 0. The Kier molecular flexibility index (Phi) is 4.42. The standard InChI is InChI=1S/C24H31N3O3/c1-23(16-9-7-11-18(13-16)25(3)4)21-27-20(15-28-21)29-24(2,22(27)30-23)17-10-8-12-19(14-17)26(5)6/h7-14,20-22H,15H2,1-6H3/t20-,21-,22-,23+,24-/m0/s1. The molecule has 0 spiro atoms. The molecule has 0 radical (unpaired) electrons. The Labute approximate surface area is 178 Å². The van der Waals surface area contributed by atoms with Gasteiger partial charge in [0.05, 0.1) is 6.61 Å². The van der Waals surface area contributed by atoms with Gasteiger partial charge < -0.3 is 24.0 Å². The van der Waals surface area contributed by atoms with Crippen molar-refractivity contribution in [1.82, 2.24) is 4.90 Å². The highest BCUT2D eigenvalue weighted by Crippen LogP contribution is 2.56. The molecule has 2 aromatic rings. The highest BCUT2D eigenvalue weighted by atomic mass is 16.7. The first-order valence-electron chi connectivity index (χ1n) is 10.5. The molecule has 3 fully saturated rings. The third kappa shape index (κ3) is 2.71. The van der Waals surface area contributed by atoms with Crippen molar-refractivity contribution in [2.75, 3.05) is 44.6 Å². The van der Waals surface area contributed by atoms with Crippen LogP contribution in [0.4, 0.5) is 11.4 Å². The molecule has 0 aliphatic carbocycles. The van der Waals surface area contributed by atoms with Crippen molar-refractivity contribution in [1.29, 1.82) is 0 Å². The third-order valence-corrected chi connectivity index (χ3v) is 6.82. The fourth-order valence-corrected chi connectivity index (χ4v) is 5.00. The van der Waals surface area contributed by atoms with Crippen LogP contribution < -0.4 is 9.80 Å². The van der Waals surface area contributed by atoms with E-state index in [1.54, 1.807) is 0 Å². The minimum Gasteiger partial charge on any atom is -0.378 e. The van der Waals surface area contributed by atoms with Gasteiger partial charge in [0.1, 0.15) is 29.9 Å². The predicted molar refractivity (Wildman–Crippen MR) is 118 cm³/mol. The average molecular weight is 410 g/mol. The van der Waals surface area contributed by atoms with Crippen molar-refractivity contribution in [3.8, 4) is 0 Å². The smallest absolute Gasteiger partial charge is 0.149 e. The first-order valence-corrected chi connectivity index (χ1v) is 10.5. The molecule has 0 bridgehead atoms. The summed E-state index contributed by atoms with van der Waals surface area (Å²) in [5.74, 6) is 0. The Morgan fingerprint density at radius 1 is 0.800 bits per heavy atom. The van der Waals surface area contributed by atoms with Gasteiger partial charge in [-0.25, -0.2) is 4.90 Å². The second kappa shape index (κ2) is 6.69. The van der Waals surface area contributed by atoms with Gasteiger partial charge in [-0.05, 0) is 49.2 Å². The Bertz CT molecular complexity index is 913. The Hall–Kier alpha value is -2.12. The lowest BCUT2D eigenvalue weighted by atomic mass is 9.93. The normalized spacial score (nSPS) is 34.9. The molecule has 160 valence electrons. The molecular formula is C24H31N3O3. The largest absolute Gasteiger partial charge is 0.378 e. The van der Waals surface area contributed by atoms with Gasteiger partial charge in [0.25, 0.3) is 0 Å². The van der Waals surface area contributed by atoms with Crippen molar-refractivity contribution in [3.63, 3.8) is 0 Å². The van der Waals surface area contributed by atoms with Gasteiger partial charge in [-0.2, -0.15) is 0 Å². The van der Waals surface area contributed by atoms with Crippen molar-refractivity contribution >= 4 is 11.4 Å². The number of benzene rings is 2. The van der Waals surface area contributed by atoms with Crippen LogP contribution in [0.25, 0.3) is 0 Å². The molecule has 0 unspecified atom stereocenters. The summed E-state index contributed by atoms with van der Waals surface area (Å²) >= 11 is 0. The number of rotatable bonds is 4. The van der Waals surface area contributed by atoms with E-state index in [-0.39, 0.29) is 18.7 Å². The van der Waals surface area contributed by atoms with Gasteiger partial charge in [0.2, 0.25) is 0 Å². The van der Waals surface area contributed by atoms with Gasteiger partial charge in [-0.1, -0.05) is 24.3 Å². The molecule has 3 saturated heterocycles. The molecule has 6 nitrogen and oxygen atoms in total. The number of ether oxygens (including phenoxy) is 3. The number of hydrogen-bond acceptors (Lipinski definition) is 6. The van der Waals surface area contributed by atoms with Crippen molar-refractivity contribution in [2.24, 2.45) is 0 Å². The molecule has 0 N–H and O–H groups in total. The van der Waals surface area contributed by atoms with Crippen LogP contribution in [0, 0.1) is 0 Å². The minimum absolute atomic E-state index is 0.105. The van der Waals surface area contributed by atoms with Gasteiger partial charge in [0, 0.05) is 39.6 Å². The Balaban J connectivity index is 1.55. The third-order valence-electron chi connectivity index (χ3n) is 6.82. The zero-order chi connectivity index (χ0) is 21.3. The lowest BCUT2D eigenvalue weighted by Gasteiger charge is -2.33. The maximum Gasteiger partial charge on any atom is 0.149 e. The summed E-state index contributed by atoms with van der Waals surface area (Å²) in [4.78, 5) is 6.51. The Morgan fingerprint density at radius 3 is 1.87 bits per heavy atom. The van der Waals surface area contributed by atoms with Crippen LogP contribution in [0.1, 0.15) is 25.0 Å². The summed E-state index contributed by atoms with van der Waals surface area (Å²) in [5.41, 5.74) is 3.40. The molecular weight excluding hydrogens is 378 g/mol. The van der Waals surface area contributed by atoms with E-state index < -0.39 is 11.2 Å². The first kappa shape index (κ1) is 19.8. The van der Waals surface area contributed by atoms with E-state index in [1.165, 1.54) is 0 Å². The maximum absolute atomic E-state index is 6.84. The van der Waals surface area contributed by atoms with E-state index in [0.29, 0.717) is 6.61 Å². The fourth-order valence-electron chi connectivity index (χ4n) is 5.00. The molecule has 6 heteroatoms. The van der Waals surface area contributed by atoms with Gasteiger partial charge in [-0.3, -0.25) is 0 Å². The maximum atomic E-state index is 6.84. The van der Waals surface area contributed by atoms with Gasteiger partial charge >= 0.3 is 0 Å². The monoisotopic (exact) mass is 409 g/mol. The predicted octanol–water partition coefficient (Wildman–Crippen LogP) is 3.32. The van der Waals surface area contributed by atoms with Crippen LogP contribution in [0.15, 0.2) is 48.5 Å². The summed E-state index contributed by atoms with van der Waals surface area (Å²) in [6, 6.07) is 17.1. The van der Waals surface area contributed by atoms with E-state index in [0.717, 1.165) is 22.5 Å². The van der Waals surface area contributed by atoms with Crippen LogP contribution in [0.3, 0.4) is 0 Å². The van der Waals surface area contributed by atoms with Crippen LogP contribution in [0.5, 0.6) is 0 Å². The van der Waals surface area contributed by atoms with Crippen LogP contribution >= 0.6 is 0 Å². The molecule has 30 heavy (non-hydrogen) atoms. The first-order chi connectivity index (χ1) is 14.2. The SMILES string of the molecule is CN(C)c1cccc([C@]2(C)O[C@H]3CO[C@@H]4N3[C@H]2O[C@]4(C)c2cccc(N(C)C)c2)c1. The molecule has 0 aromatic heterocycles. The average Bonchev–Trinajstić information content (AvgIpc) is 3.37. The van der Waals surface area contributed by atoms with E-state index in [9.17, 15) is 0 Å². The summed E-state index contributed by atoms with van der Waals surface area (Å²) < 4.78 is 19.6. The fraction of sp³-hybridized carbons (Fsp3) is 0.500. The van der Waals surface area contributed by atoms with Crippen molar-refractivity contribution in [3.05, 3.63) is 59.7 Å². The quantitative estimate of drug-likeness (QED) is 0.771. The molecule has 3 aliphatic heterocycles. The lowest BCUT2D eigenvalue weighted by Crippen LogP contribution is -2.40. The Morgan fingerprint density at radius 2 is 1.33 bits per heavy atom. The van der Waals surface area contributed by atoms with E-state index in [2.05, 4.69) is 105 Å². The summed E-state index contributed by atoms with van der Waals surface area (Å²) in [6.07, 6.45) is -0.504. The number of anilines is 2. The minimum atomic E-state index is -0.574. The van der Waals surface area contributed by atoms with E-state index >= 15 is 0 Å². The highest BCUT2D eigenvalue weighted by molar-refractivity contribution is 5.50. The molecule has 5 atom stereocenters. The summed E-state index contributed by atoms with van der Waals surface area (Å²) in [7, 11) is 8.22. The van der Waals surface area contributed by atoms with Crippen LogP contribution in [-0.2, 0) is 25.4 Å².